The van der Waals surface area contributed by atoms with Crippen LogP contribution in [0.4, 0.5) is 0 Å². The molecule has 0 radical (unpaired) electrons. The van der Waals surface area contributed by atoms with Crippen molar-refractivity contribution in [1.29, 1.82) is 0 Å². The second-order valence-electron chi connectivity index (χ2n) is 7.18. The smallest absolute Gasteiger partial charge is 0.174 e. The number of alkyl halides is 2. The van der Waals surface area contributed by atoms with Crippen molar-refractivity contribution in [2.24, 2.45) is 5.92 Å². The molecule has 3 aromatic rings. The van der Waals surface area contributed by atoms with Crippen LogP contribution in [0.3, 0.4) is 0 Å². The van der Waals surface area contributed by atoms with Gasteiger partial charge in [-0.3, -0.25) is 0 Å². The lowest BCUT2D eigenvalue weighted by Gasteiger charge is -2.32. The van der Waals surface area contributed by atoms with Crippen LogP contribution in [0, 0.1) is 12.8 Å². The summed E-state index contributed by atoms with van der Waals surface area (Å²) < 4.78 is 5.54. The molecule has 0 saturated heterocycles. The van der Waals surface area contributed by atoms with Gasteiger partial charge in [0.2, 0.25) is 0 Å². The summed E-state index contributed by atoms with van der Waals surface area (Å²) in [5.74, 6) is 0.914. The molecule has 0 spiro atoms. The molecule has 1 saturated carbocycles. The summed E-state index contributed by atoms with van der Waals surface area (Å²) in [7, 11) is 0. The monoisotopic (exact) mass is 380 g/mol. The van der Waals surface area contributed by atoms with Crippen molar-refractivity contribution in [2.75, 3.05) is 0 Å². The summed E-state index contributed by atoms with van der Waals surface area (Å²) >= 11 is 13.9. The van der Waals surface area contributed by atoms with Gasteiger partial charge in [0.1, 0.15) is 5.75 Å². The van der Waals surface area contributed by atoms with Crippen molar-refractivity contribution in [3.8, 4) is 5.75 Å². The molecule has 130 valence electrons. The Balaban J connectivity index is 1.76. The van der Waals surface area contributed by atoms with Crippen molar-refractivity contribution in [3.05, 3.63) is 101 Å². The summed E-state index contributed by atoms with van der Waals surface area (Å²) in [6, 6.07) is 26.8. The summed E-state index contributed by atoms with van der Waals surface area (Å²) in [6.45, 7) is 2.14. The predicted octanol–water partition coefficient (Wildman–Crippen LogP) is 6.22. The lowest BCUT2D eigenvalue weighted by atomic mass is 9.80. The van der Waals surface area contributed by atoms with Gasteiger partial charge in [0.25, 0.3) is 0 Å². The molecule has 0 N–H and O–H groups in total. The normalized spacial score (nSPS) is 27.8. The first-order chi connectivity index (χ1) is 12.6. The Kier molecular flexibility index (Phi) is 3.44. The molecule has 1 aliphatic carbocycles. The second-order valence-corrected chi connectivity index (χ2v) is 8.56. The standard InChI is InChI=1S/C23H18Cl2O/c1-15-9-5-6-12-17(15)20-18-13-7-8-14-19(18)26-22(21(20)23(22,24)25)16-10-3-2-4-11-16/h2-14,20-21H,1H3/t20-,21+,22-/m1/s1. The van der Waals surface area contributed by atoms with E-state index in [1.165, 1.54) is 11.1 Å². The number of benzene rings is 3. The Morgan fingerprint density at radius 3 is 2.12 bits per heavy atom. The molecule has 0 amide bonds. The molecule has 0 aromatic heterocycles. The van der Waals surface area contributed by atoms with Crippen LogP contribution >= 0.6 is 23.2 Å². The van der Waals surface area contributed by atoms with E-state index >= 15 is 0 Å². The molecule has 5 rings (SSSR count). The molecule has 3 aromatic carbocycles. The van der Waals surface area contributed by atoms with Crippen molar-refractivity contribution in [2.45, 2.75) is 22.8 Å². The highest BCUT2D eigenvalue weighted by Crippen LogP contribution is 2.77. The van der Waals surface area contributed by atoms with E-state index in [1.54, 1.807) is 0 Å². The minimum atomic E-state index is -0.986. The number of rotatable bonds is 2. The lowest BCUT2D eigenvalue weighted by Crippen LogP contribution is -2.29. The SMILES string of the molecule is Cc1ccccc1[C@@H]1c2ccccc2O[C@]2(c3ccccc3)[C@H]1C2(Cl)Cl. The van der Waals surface area contributed by atoms with Crippen LogP contribution in [0.15, 0.2) is 78.9 Å². The molecule has 0 unspecified atom stereocenters. The minimum Gasteiger partial charge on any atom is -0.479 e. The minimum absolute atomic E-state index is 0.0447. The molecule has 1 heterocycles. The Bertz CT molecular complexity index is 982. The van der Waals surface area contributed by atoms with Gasteiger partial charge < -0.3 is 4.74 Å². The number of halogens is 2. The van der Waals surface area contributed by atoms with E-state index in [-0.39, 0.29) is 11.8 Å². The zero-order chi connectivity index (χ0) is 17.9. The first-order valence-corrected chi connectivity index (χ1v) is 9.60. The maximum absolute atomic E-state index is 6.93. The maximum atomic E-state index is 6.93. The molecule has 1 aliphatic heterocycles. The van der Waals surface area contributed by atoms with Crippen molar-refractivity contribution in [1.82, 2.24) is 0 Å². The molecular formula is C23H18Cl2O. The van der Waals surface area contributed by atoms with Gasteiger partial charge in [0, 0.05) is 11.5 Å². The van der Waals surface area contributed by atoms with Crippen LogP contribution in [-0.2, 0) is 5.60 Å². The summed E-state index contributed by atoms with van der Waals surface area (Å²) in [6.07, 6.45) is 0. The highest BCUT2D eigenvalue weighted by molar-refractivity contribution is 6.52. The van der Waals surface area contributed by atoms with E-state index < -0.39 is 9.93 Å². The van der Waals surface area contributed by atoms with E-state index in [1.807, 2.05) is 30.3 Å². The fraction of sp³-hybridized carbons (Fsp3) is 0.217. The third-order valence-corrected chi connectivity index (χ3v) is 6.86. The molecule has 1 nitrogen and oxygen atoms in total. The fourth-order valence-corrected chi connectivity index (χ4v) is 5.55. The molecule has 1 fully saturated rings. The van der Waals surface area contributed by atoms with Gasteiger partial charge in [0.05, 0.1) is 5.92 Å². The summed E-state index contributed by atoms with van der Waals surface area (Å²) in [5, 5.41) is 0. The highest BCUT2D eigenvalue weighted by atomic mass is 35.5. The summed E-state index contributed by atoms with van der Waals surface area (Å²) in [5.41, 5.74) is 3.96. The zero-order valence-corrected chi connectivity index (χ0v) is 15.8. The largest absolute Gasteiger partial charge is 0.479 e. The van der Waals surface area contributed by atoms with Gasteiger partial charge >= 0.3 is 0 Å². The number of aryl methyl sites for hydroxylation is 1. The number of fused-ring (bicyclic) bond motifs is 2. The third kappa shape index (κ3) is 1.99. The third-order valence-electron chi connectivity index (χ3n) is 5.82. The Hall–Kier alpha value is -1.96. The zero-order valence-electron chi connectivity index (χ0n) is 14.3. The van der Waals surface area contributed by atoms with Gasteiger partial charge in [-0.1, -0.05) is 96.0 Å². The molecule has 3 atom stereocenters. The topological polar surface area (TPSA) is 9.23 Å². The van der Waals surface area contributed by atoms with Crippen molar-refractivity contribution >= 4 is 23.2 Å². The van der Waals surface area contributed by atoms with Crippen LogP contribution < -0.4 is 4.74 Å². The van der Waals surface area contributed by atoms with Crippen molar-refractivity contribution < 1.29 is 4.74 Å². The Labute approximate surface area is 163 Å². The number of para-hydroxylation sites is 1. The van der Waals surface area contributed by atoms with Gasteiger partial charge in [-0.2, -0.15) is 0 Å². The van der Waals surface area contributed by atoms with Gasteiger partial charge in [0.15, 0.2) is 9.93 Å². The molecule has 3 heteroatoms. The molecule has 2 aliphatic rings. The van der Waals surface area contributed by atoms with Crippen molar-refractivity contribution in [3.63, 3.8) is 0 Å². The van der Waals surface area contributed by atoms with Crippen LogP contribution in [0.25, 0.3) is 0 Å². The van der Waals surface area contributed by atoms with Crippen LogP contribution in [0.5, 0.6) is 5.75 Å². The molecular weight excluding hydrogens is 363 g/mol. The van der Waals surface area contributed by atoms with Gasteiger partial charge in [-0.25, -0.2) is 0 Å². The second kappa shape index (κ2) is 5.52. The summed E-state index contributed by atoms with van der Waals surface area (Å²) in [4.78, 5) is 0. The number of hydrogen-bond donors (Lipinski definition) is 0. The van der Waals surface area contributed by atoms with E-state index in [2.05, 4.69) is 55.5 Å². The average Bonchev–Trinajstić information content (AvgIpc) is 3.17. The predicted molar refractivity (Wildman–Crippen MR) is 106 cm³/mol. The van der Waals surface area contributed by atoms with E-state index in [0.29, 0.717) is 0 Å². The van der Waals surface area contributed by atoms with Gasteiger partial charge in [-0.15, -0.1) is 0 Å². The van der Waals surface area contributed by atoms with E-state index in [4.69, 9.17) is 27.9 Å². The quantitative estimate of drug-likeness (QED) is 0.479. The van der Waals surface area contributed by atoms with Gasteiger partial charge in [-0.05, 0) is 29.7 Å². The highest BCUT2D eigenvalue weighted by Gasteiger charge is 2.83. The molecule has 0 bridgehead atoms. The average molecular weight is 381 g/mol. The number of ether oxygens (including phenoxy) is 1. The molecule has 26 heavy (non-hydrogen) atoms. The number of hydrogen-bond acceptors (Lipinski definition) is 1. The first kappa shape index (κ1) is 16.2. The maximum Gasteiger partial charge on any atom is 0.174 e. The van der Waals surface area contributed by atoms with Crippen LogP contribution in [-0.4, -0.2) is 4.33 Å². The van der Waals surface area contributed by atoms with E-state index in [0.717, 1.165) is 16.9 Å². The lowest BCUT2D eigenvalue weighted by molar-refractivity contribution is 0.137. The van der Waals surface area contributed by atoms with Crippen LogP contribution in [0.1, 0.15) is 28.2 Å². The Morgan fingerprint density at radius 1 is 0.769 bits per heavy atom. The Morgan fingerprint density at radius 2 is 1.38 bits per heavy atom. The van der Waals surface area contributed by atoms with E-state index in [9.17, 15) is 0 Å². The first-order valence-electron chi connectivity index (χ1n) is 8.84. The fourth-order valence-electron chi connectivity index (χ4n) is 4.56. The van der Waals surface area contributed by atoms with Crippen LogP contribution in [0.2, 0.25) is 0 Å².